The van der Waals surface area contributed by atoms with Crippen LogP contribution in [0.5, 0.6) is 11.5 Å². The monoisotopic (exact) mass is 456 g/mol. The first kappa shape index (κ1) is 20.8. The minimum Gasteiger partial charge on any atom is -0.454 e. The van der Waals surface area contributed by atoms with E-state index in [0.29, 0.717) is 22.2 Å². The number of halogens is 1. The van der Waals surface area contributed by atoms with Crippen LogP contribution in [0.15, 0.2) is 77.7 Å². The number of nitrogens with one attached hydrogen (secondary N) is 2. The Morgan fingerprint density at radius 3 is 2.48 bits per heavy atom. The molecule has 0 saturated heterocycles. The number of rotatable bonds is 6. The quantitative estimate of drug-likeness (QED) is 0.532. The van der Waals surface area contributed by atoms with E-state index in [4.69, 9.17) is 21.1 Å². The van der Waals surface area contributed by atoms with E-state index in [-0.39, 0.29) is 23.3 Å². The molecule has 1 aliphatic rings. The van der Waals surface area contributed by atoms with Gasteiger partial charge in [0, 0.05) is 11.8 Å². The van der Waals surface area contributed by atoms with Gasteiger partial charge in [-0.05, 0) is 60.2 Å². The SMILES string of the molecule is O=C(C=Cc1ccc2c(c1)OCO2)Nc1ccc(S(=O)(=O)Nc2ccccc2Cl)cc1. The van der Waals surface area contributed by atoms with E-state index in [9.17, 15) is 13.2 Å². The van der Waals surface area contributed by atoms with E-state index in [0.717, 1.165) is 5.56 Å². The fourth-order valence-corrected chi connectivity index (χ4v) is 4.16. The highest BCUT2D eigenvalue weighted by Gasteiger charge is 2.16. The van der Waals surface area contributed by atoms with Gasteiger partial charge >= 0.3 is 0 Å². The molecule has 0 atom stereocenters. The molecule has 3 aromatic carbocycles. The smallest absolute Gasteiger partial charge is 0.261 e. The van der Waals surface area contributed by atoms with Crippen molar-refractivity contribution in [2.24, 2.45) is 0 Å². The summed E-state index contributed by atoms with van der Waals surface area (Å²) in [5.74, 6) is 0.938. The summed E-state index contributed by atoms with van der Waals surface area (Å²) in [6, 6.07) is 17.7. The number of fused-ring (bicyclic) bond motifs is 1. The van der Waals surface area contributed by atoms with Crippen molar-refractivity contribution in [2.75, 3.05) is 16.8 Å². The Kier molecular flexibility index (Phi) is 5.83. The Morgan fingerprint density at radius 1 is 0.968 bits per heavy atom. The van der Waals surface area contributed by atoms with Gasteiger partial charge in [-0.15, -0.1) is 0 Å². The minimum absolute atomic E-state index is 0.0429. The fourth-order valence-electron chi connectivity index (χ4n) is 2.84. The van der Waals surface area contributed by atoms with E-state index in [1.165, 1.54) is 30.3 Å². The molecule has 0 saturated carbocycles. The van der Waals surface area contributed by atoms with Gasteiger partial charge < -0.3 is 14.8 Å². The Labute approximate surface area is 184 Å². The molecule has 0 fully saturated rings. The Hall–Kier alpha value is -3.49. The number of para-hydroxylation sites is 1. The molecule has 9 heteroatoms. The van der Waals surface area contributed by atoms with Crippen molar-refractivity contribution < 1.29 is 22.7 Å². The van der Waals surface area contributed by atoms with Gasteiger partial charge in [-0.3, -0.25) is 9.52 Å². The van der Waals surface area contributed by atoms with Gasteiger partial charge in [0.2, 0.25) is 12.7 Å². The van der Waals surface area contributed by atoms with Crippen LogP contribution >= 0.6 is 11.6 Å². The Morgan fingerprint density at radius 2 is 1.71 bits per heavy atom. The van der Waals surface area contributed by atoms with Gasteiger partial charge in [0.15, 0.2) is 11.5 Å². The largest absolute Gasteiger partial charge is 0.454 e. The average molecular weight is 457 g/mol. The van der Waals surface area contributed by atoms with Crippen LogP contribution in [-0.4, -0.2) is 21.1 Å². The second-order valence-corrected chi connectivity index (χ2v) is 8.63. The van der Waals surface area contributed by atoms with Crippen molar-refractivity contribution in [3.63, 3.8) is 0 Å². The predicted molar refractivity (Wildman–Crippen MR) is 119 cm³/mol. The molecule has 0 unspecified atom stereocenters. The van der Waals surface area contributed by atoms with Gasteiger partial charge in [0.05, 0.1) is 15.6 Å². The number of hydrogen-bond donors (Lipinski definition) is 2. The molecule has 0 spiro atoms. The first-order valence-electron chi connectivity index (χ1n) is 9.17. The molecular weight excluding hydrogens is 440 g/mol. The minimum atomic E-state index is -3.82. The highest BCUT2D eigenvalue weighted by molar-refractivity contribution is 7.92. The molecule has 158 valence electrons. The Bertz CT molecular complexity index is 1260. The zero-order chi connectivity index (χ0) is 21.8. The van der Waals surface area contributed by atoms with E-state index >= 15 is 0 Å². The number of amides is 1. The summed E-state index contributed by atoms with van der Waals surface area (Å²) in [6.07, 6.45) is 3.02. The van der Waals surface area contributed by atoms with Crippen LogP contribution in [0.4, 0.5) is 11.4 Å². The van der Waals surface area contributed by atoms with Crippen molar-refractivity contribution in [3.05, 3.63) is 83.4 Å². The van der Waals surface area contributed by atoms with Crippen molar-refractivity contribution in [1.29, 1.82) is 0 Å². The van der Waals surface area contributed by atoms with Gasteiger partial charge in [-0.2, -0.15) is 0 Å². The van der Waals surface area contributed by atoms with Crippen LogP contribution in [0, 0.1) is 0 Å². The molecule has 1 amide bonds. The molecule has 2 N–H and O–H groups in total. The van der Waals surface area contributed by atoms with Crippen molar-refractivity contribution >= 4 is 45.0 Å². The molecule has 0 bridgehead atoms. The summed E-state index contributed by atoms with van der Waals surface area (Å²) in [6.45, 7) is 0.183. The lowest BCUT2D eigenvalue weighted by molar-refractivity contribution is -0.111. The van der Waals surface area contributed by atoms with Crippen LogP contribution in [0.25, 0.3) is 6.08 Å². The lowest BCUT2D eigenvalue weighted by atomic mass is 10.2. The van der Waals surface area contributed by atoms with E-state index in [1.54, 1.807) is 42.5 Å². The van der Waals surface area contributed by atoms with Gasteiger partial charge in [-0.1, -0.05) is 29.8 Å². The second kappa shape index (κ2) is 8.71. The molecule has 31 heavy (non-hydrogen) atoms. The lowest BCUT2D eigenvalue weighted by Gasteiger charge is -2.10. The third-order valence-electron chi connectivity index (χ3n) is 4.37. The van der Waals surface area contributed by atoms with E-state index < -0.39 is 10.0 Å². The summed E-state index contributed by atoms with van der Waals surface area (Å²) in [5.41, 5.74) is 1.53. The maximum absolute atomic E-state index is 12.5. The van der Waals surface area contributed by atoms with Gasteiger partial charge in [0.25, 0.3) is 10.0 Å². The molecule has 0 aromatic heterocycles. The molecule has 0 radical (unpaired) electrons. The summed E-state index contributed by atoms with van der Waals surface area (Å²) < 4.78 is 38.1. The molecular formula is C22H17ClN2O5S. The highest BCUT2D eigenvalue weighted by Crippen LogP contribution is 2.32. The van der Waals surface area contributed by atoms with Gasteiger partial charge in [-0.25, -0.2) is 8.42 Å². The van der Waals surface area contributed by atoms with Crippen LogP contribution in [0.3, 0.4) is 0 Å². The van der Waals surface area contributed by atoms with E-state index in [1.807, 2.05) is 6.07 Å². The third kappa shape index (κ3) is 4.99. The average Bonchev–Trinajstić information content (AvgIpc) is 3.22. The highest BCUT2D eigenvalue weighted by atomic mass is 35.5. The molecule has 0 aliphatic carbocycles. The number of hydrogen-bond acceptors (Lipinski definition) is 5. The number of benzene rings is 3. The van der Waals surface area contributed by atoms with Crippen LogP contribution in [0.2, 0.25) is 5.02 Å². The molecule has 1 aliphatic heterocycles. The number of anilines is 2. The summed E-state index contributed by atoms with van der Waals surface area (Å²) in [4.78, 5) is 12.2. The van der Waals surface area contributed by atoms with Crippen LogP contribution in [-0.2, 0) is 14.8 Å². The van der Waals surface area contributed by atoms with Crippen LogP contribution < -0.4 is 19.5 Å². The second-order valence-electron chi connectivity index (χ2n) is 6.55. The van der Waals surface area contributed by atoms with Crippen molar-refractivity contribution in [2.45, 2.75) is 4.90 Å². The number of carbonyl (C=O) groups is 1. The zero-order valence-corrected chi connectivity index (χ0v) is 17.6. The predicted octanol–water partition coefficient (Wildman–Crippen LogP) is 4.52. The number of ether oxygens (including phenoxy) is 2. The number of sulfonamides is 1. The first-order chi connectivity index (χ1) is 14.9. The maximum atomic E-state index is 12.5. The fraction of sp³-hybridized carbons (Fsp3) is 0.0455. The van der Waals surface area contributed by atoms with Crippen molar-refractivity contribution in [3.8, 4) is 11.5 Å². The van der Waals surface area contributed by atoms with Gasteiger partial charge in [0.1, 0.15) is 0 Å². The standard InChI is InChI=1S/C22H17ClN2O5S/c23-18-3-1-2-4-19(18)25-31(27,28)17-9-7-16(8-10-17)24-22(26)12-6-15-5-11-20-21(13-15)30-14-29-20/h1-13,25H,14H2,(H,24,26). The van der Waals surface area contributed by atoms with Crippen molar-refractivity contribution in [1.82, 2.24) is 0 Å². The summed E-state index contributed by atoms with van der Waals surface area (Å²) in [7, 11) is -3.82. The molecule has 4 rings (SSSR count). The molecule has 3 aromatic rings. The number of carbonyl (C=O) groups excluding carboxylic acids is 1. The third-order valence-corrected chi connectivity index (χ3v) is 6.09. The molecule has 1 heterocycles. The summed E-state index contributed by atoms with van der Waals surface area (Å²) in [5, 5.41) is 2.98. The maximum Gasteiger partial charge on any atom is 0.261 e. The van der Waals surface area contributed by atoms with E-state index in [2.05, 4.69) is 10.0 Å². The summed E-state index contributed by atoms with van der Waals surface area (Å²) >= 11 is 6.01. The normalized spacial score (nSPS) is 12.7. The molecule has 7 nitrogen and oxygen atoms in total. The van der Waals surface area contributed by atoms with Crippen LogP contribution in [0.1, 0.15) is 5.56 Å². The topological polar surface area (TPSA) is 93.7 Å². The lowest BCUT2D eigenvalue weighted by Crippen LogP contribution is -2.13. The zero-order valence-electron chi connectivity index (χ0n) is 16.0. The first-order valence-corrected chi connectivity index (χ1v) is 11.0. The Balaban J connectivity index is 1.40.